The summed E-state index contributed by atoms with van der Waals surface area (Å²) >= 11 is 0. The first kappa shape index (κ1) is 23.4. The highest BCUT2D eigenvalue weighted by atomic mass is 32.2. The van der Waals surface area contributed by atoms with E-state index in [4.69, 9.17) is 9.47 Å². The third-order valence-corrected chi connectivity index (χ3v) is 6.46. The predicted molar refractivity (Wildman–Crippen MR) is 123 cm³/mol. The standard InChI is InChI=1S/C22H27N3O6S/c1-22(2,3)31-21(27)24-18-14-16(9-10-19(18)30-4)23-20(26)15-7-5-8-17(13-15)25-11-6-12-32(25,28)29/h5,7-10,13-14H,6,11-12H2,1-4H3,(H,23,26)(H,24,27). The summed E-state index contributed by atoms with van der Waals surface area (Å²) in [7, 11) is -1.88. The number of carbonyl (C=O) groups excluding carboxylic acids is 2. The van der Waals surface area contributed by atoms with E-state index in [1.165, 1.54) is 11.4 Å². The van der Waals surface area contributed by atoms with E-state index in [0.717, 1.165) is 0 Å². The van der Waals surface area contributed by atoms with Gasteiger partial charge in [-0.2, -0.15) is 0 Å². The second-order valence-electron chi connectivity index (χ2n) is 8.29. The molecule has 0 bridgehead atoms. The predicted octanol–water partition coefficient (Wildman–Crippen LogP) is 3.83. The van der Waals surface area contributed by atoms with E-state index in [2.05, 4.69) is 10.6 Å². The number of carbonyl (C=O) groups is 2. The van der Waals surface area contributed by atoms with Crippen LogP contribution in [0.4, 0.5) is 21.9 Å². The molecule has 172 valence electrons. The van der Waals surface area contributed by atoms with Gasteiger partial charge in [-0.3, -0.25) is 14.4 Å². The minimum Gasteiger partial charge on any atom is -0.495 e. The molecule has 2 N–H and O–H groups in total. The van der Waals surface area contributed by atoms with Gasteiger partial charge in [0.25, 0.3) is 5.91 Å². The lowest BCUT2D eigenvalue weighted by Crippen LogP contribution is -2.27. The molecule has 1 saturated heterocycles. The van der Waals surface area contributed by atoms with Crippen molar-refractivity contribution >= 4 is 39.1 Å². The number of ether oxygens (including phenoxy) is 2. The average Bonchev–Trinajstić information content (AvgIpc) is 3.06. The number of hydrogen-bond acceptors (Lipinski definition) is 6. The third-order valence-electron chi connectivity index (χ3n) is 4.59. The van der Waals surface area contributed by atoms with E-state index in [9.17, 15) is 18.0 Å². The van der Waals surface area contributed by atoms with Crippen molar-refractivity contribution in [1.29, 1.82) is 0 Å². The van der Waals surface area contributed by atoms with E-state index in [1.54, 1.807) is 63.2 Å². The van der Waals surface area contributed by atoms with Crippen LogP contribution in [0.1, 0.15) is 37.6 Å². The Morgan fingerprint density at radius 3 is 2.44 bits per heavy atom. The molecule has 0 atom stereocenters. The second kappa shape index (κ2) is 9.07. The SMILES string of the molecule is COc1ccc(NC(=O)c2cccc(N3CCCS3(=O)=O)c2)cc1NC(=O)OC(C)(C)C. The molecule has 0 unspecified atom stereocenters. The molecule has 1 aliphatic heterocycles. The Hall–Kier alpha value is -3.27. The van der Waals surface area contributed by atoms with Gasteiger partial charge in [0.1, 0.15) is 11.4 Å². The molecule has 3 rings (SSSR count). The summed E-state index contributed by atoms with van der Waals surface area (Å²) in [5, 5.41) is 5.37. The molecular weight excluding hydrogens is 434 g/mol. The summed E-state index contributed by atoms with van der Waals surface area (Å²) in [6, 6.07) is 11.2. The lowest BCUT2D eigenvalue weighted by atomic mass is 10.1. The minimum atomic E-state index is -3.34. The second-order valence-corrected chi connectivity index (χ2v) is 10.3. The molecular formula is C22H27N3O6S. The van der Waals surface area contributed by atoms with Crippen LogP contribution in [-0.4, -0.2) is 45.4 Å². The first-order chi connectivity index (χ1) is 15.0. The zero-order chi connectivity index (χ0) is 23.5. The summed E-state index contributed by atoms with van der Waals surface area (Å²) in [4.78, 5) is 24.9. The van der Waals surface area contributed by atoms with Crippen LogP contribution in [0.5, 0.6) is 5.75 Å². The molecule has 2 aromatic rings. The van der Waals surface area contributed by atoms with Crippen molar-refractivity contribution in [3.63, 3.8) is 0 Å². The lowest BCUT2D eigenvalue weighted by Gasteiger charge is -2.20. The van der Waals surface area contributed by atoms with Crippen LogP contribution >= 0.6 is 0 Å². The average molecular weight is 462 g/mol. The maximum atomic E-state index is 12.8. The summed E-state index contributed by atoms with van der Waals surface area (Å²) < 4.78 is 36.2. The van der Waals surface area contributed by atoms with E-state index in [0.29, 0.717) is 41.3 Å². The van der Waals surface area contributed by atoms with Crippen molar-refractivity contribution in [2.45, 2.75) is 32.8 Å². The molecule has 0 aromatic heterocycles. The van der Waals surface area contributed by atoms with Crippen LogP contribution in [0.15, 0.2) is 42.5 Å². The van der Waals surface area contributed by atoms with Crippen LogP contribution in [0.2, 0.25) is 0 Å². The van der Waals surface area contributed by atoms with E-state index < -0.39 is 27.6 Å². The molecule has 9 nitrogen and oxygen atoms in total. The van der Waals surface area contributed by atoms with Crippen LogP contribution in [0.3, 0.4) is 0 Å². The number of anilines is 3. The van der Waals surface area contributed by atoms with Crippen LogP contribution in [0, 0.1) is 0 Å². The Balaban J connectivity index is 1.78. The molecule has 0 radical (unpaired) electrons. The topological polar surface area (TPSA) is 114 Å². The van der Waals surface area contributed by atoms with Crippen molar-refractivity contribution in [2.75, 3.05) is 34.3 Å². The van der Waals surface area contributed by atoms with Gasteiger partial charge >= 0.3 is 6.09 Å². The van der Waals surface area contributed by atoms with Gasteiger partial charge < -0.3 is 14.8 Å². The fourth-order valence-corrected chi connectivity index (χ4v) is 4.79. The molecule has 0 saturated carbocycles. The number of methoxy groups -OCH3 is 1. The molecule has 0 spiro atoms. The maximum Gasteiger partial charge on any atom is 0.412 e. The number of rotatable bonds is 5. The number of nitrogens with one attached hydrogen (secondary N) is 2. The Bertz CT molecular complexity index is 1120. The Labute approximate surface area is 187 Å². The van der Waals surface area contributed by atoms with Crippen molar-refractivity contribution < 1.29 is 27.5 Å². The smallest absolute Gasteiger partial charge is 0.412 e. The quantitative estimate of drug-likeness (QED) is 0.699. The van der Waals surface area contributed by atoms with Crippen molar-refractivity contribution in [1.82, 2.24) is 0 Å². The van der Waals surface area contributed by atoms with Crippen LogP contribution in [0.25, 0.3) is 0 Å². The maximum absolute atomic E-state index is 12.8. The number of amides is 2. The molecule has 2 aromatic carbocycles. The van der Waals surface area contributed by atoms with Crippen molar-refractivity contribution in [2.24, 2.45) is 0 Å². The third kappa shape index (κ3) is 5.70. The van der Waals surface area contributed by atoms with E-state index in [1.807, 2.05) is 0 Å². The lowest BCUT2D eigenvalue weighted by molar-refractivity contribution is 0.0635. The fraction of sp³-hybridized carbons (Fsp3) is 0.364. The molecule has 1 aliphatic rings. The summed E-state index contributed by atoms with van der Waals surface area (Å²) in [6.07, 6.45) is -0.100. The summed E-state index contributed by atoms with van der Waals surface area (Å²) in [5.41, 5.74) is 0.841. The first-order valence-electron chi connectivity index (χ1n) is 10.1. The number of sulfonamides is 1. The van der Waals surface area contributed by atoms with Gasteiger partial charge in [-0.05, 0) is 63.6 Å². The van der Waals surface area contributed by atoms with Crippen LogP contribution in [-0.2, 0) is 14.8 Å². The zero-order valence-corrected chi connectivity index (χ0v) is 19.3. The normalized spacial score (nSPS) is 15.2. The van der Waals surface area contributed by atoms with Gasteiger partial charge in [0, 0.05) is 17.8 Å². The Morgan fingerprint density at radius 1 is 1.06 bits per heavy atom. The molecule has 1 fully saturated rings. The van der Waals surface area contributed by atoms with Crippen molar-refractivity contribution in [3.05, 3.63) is 48.0 Å². The largest absolute Gasteiger partial charge is 0.495 e. The van der Waals surface area contributed by atoms with E-state index >= 15 is 0 Å². The van der Waals surface area contributed by atoms with Crippen LogP contribution < -0.4 is 19.7 Å². The molecule has 32 heavy (non-hydrogen) atoms. The molecule has 0 aliphatic carbocycles. The monoisotopic (exact) mass is 461 g/mol. The van der Waals surface area contributed by atoms with Gasteiger partial charge in [-0.15, -0.1) is 0 Å². The summed E-state index contributed by atoms with van der Waals surface area (Å²) in [6.45, 7) is 5.65. The van der Waals surface area contributed by atoms with Gasteiger partial charge in [0.2, 0.25) is 10.0 Å². The van der Waals surface area contributed by atoms with Crippen molar-refractivity contribution in [3.8, 4) is 5.75 Å². The minimum absolute atomic E-state index is 0.0999. The molecule has 2 amide bonds. The molecule has 1 heterocycles. The number of benzene rings is 2. The Kier molecular flexibility index (Phi) is 6.63. The summed E-state index contributed by atoms with van der Waals surface area (Å²) in [5.74, 6) is 0.0785. The fourth-order valence-electron chi connectivity index (χ4n) is 3.23. The van der Waals surface area contributed by atoms with Gasteiger partial charge in [-0.1, -0.05) is 6.07 Å². The number of hydrogen-bond donors (Lipinski definition) is 2. The van der Waals surface area contributed by atoms with E-state index in [-0.39, 0.29) is 5.75 Å². The Morgan fingerprint density at radius 2 is 1.81 bits per heavy atom. The molecule has 10 heteroatoms. The first-order valence-corrected chi connectivity index (χ1v) is 11.7. The van der Waals surface area contributed by atoms with Gasteiger partial charge in [0.05, 0.1) is 24.2 Å². The number of nitrogens with zero attached hydrogens (tertiary/aromatic N) is 1. The highest BCUT2D eigenvalue weighted by molar-refractivity contribution is 7.93. The van der Waals surface area contributed by atoms with Gasteiger partial charge in [-0.25, -0.2) is 13.2 Å². The zero-order valence-electron chi connectivity index (χ0n) is 18.5. The van der Waals surface area contributed by atoms with Gasteiger partial charge in [0.15, 0.2) is 0 Å². The highest BCUT2D eigenvalue weighted by Gasteiger charge is 2.28. The highest BCUT2D eigenvalue weighted by Crippen LogP contribution is 2.29.